The molecule has 0 bridgehead atoms. The molecule has 0 heterocycles. The van der Waals surface area contributed by atoms with Gasteiger partial charge >= 0.3 is 0 Å². The summed E-state index contributed by atoms with van der Waals surface area (Å²) in [7, 11) is -3.59. The van der Waals surface area contributed by atoms with Crippen molar-refractivity contribution in [2.45, 2.75) is 31.6 Å². The van der Waals surface area contributed by atoms with E-state index in [1.807, 2.05) is 0 Å². The first kappa shape index (κ1) is 14.6. The highest BCUT2D eigenvalue weighted by Crippen LogP contribution is 2.36. The zero-order valence-corrected chi connectivity index (χ0v) is 12.7. The highest BCUT2D eigenvalue weighted by Gasteiger charge is 2.29. The van der Waals surface area contributed by atoms with E-state index in [1.54, 1.807) is 13.0 Å². The average Bonchev–Trinajstić information content (AvgIpc) is 3.14. The maximum atomic E-state index is 12.2. The van der Waals surface area contributed by atoms with Crippen LogP contribution in [0.3, 0.4) is 0 Å². The van der Waals surface area contributed by atoms with Crippen LogP contribution in [-0.2, 0) is 10.0 Å². The van der Waals surface area contributed by atoms with Gasteiger partial charge < -0.3 is 5.73 Å². The molecule has 1 aromatic rings. The first-order valence-electron chi connectivity index (χ1n) is 6.36. The SMILES string of the molecule is Cc1cc(Cl)c(S(=O)(=O)NCC(C)C2CC2)cc1N. The van der Waals surface area contributed by atoms with Gasteiger partial charge in [-0.2, -0.15) is 0 Å². The van der Waals surface area contributed by atoms with Crippen LogP contribution in [0.1, 0.15) is 25.3 Å². The van der Waals surface area contributed by atoms with Crippen molar-refractivity contribution in [3.05, 3.63) is 22.7 Å². The summed E-state index contributed by atoms with van der Waals surface area (Å²) in [6, 6.07) is 3.00. The van der Waals surface area contributed by atoms with Gasteiger partial charge in [-0.05, 0) is 49.3 Å². The predicted octanol–water partition coefficient (Wildman–Crippen LogP) is 2.56. The Morgan fingerprint density at radius 3 is 2.68 bits per heavy atom. The Morgan fingerprint density at radius 2 is 2.11 bits per heavy atom. The molecule has 3 N–H and O–H groups in total. The Labute approximate surface area is 119 Å². The Hall–Kier alpha value is -0.780. The van der Waals surface area contributed by atoms with Gasteiger partial charge in [0.1, 0.15) is 4.90 Å². The smallest absolute Gasteiger partial charge is 0.242 e. The molecule has 0 spiro atoms. The van der Waals surface area contributed by atoms with Crippen LogP contribution in [0, 0.1) is 18.8 Å². The van der Waals surface area contributed by atoms with Crippen molar-refractivity contribution >= 4 is 27.3 Å². The third-order valence-electron chi connectivity index (χ3n) is 3.63. The molecule has 1 saturated carbocycles. The maximum Gasteiger partial charge on any atom is 0.242 e. The Morgan fingerprint density at radius 1 is 1.47 bits per heavy atom. The maximum absolute atomic E-state index is 12.2. The molecule has 1 aromatic carbocycles. The predicted molar refractivity (Wildman–Crippen MR) is 77.7 cm³/mol. The van der Waals surface area contributed by atoms with Crippen molar-refractivity contribution < 1.29 is 8.42 Å². The highest BCUT2D eigenvalue weighted by molar-refractivity contribution is 7.89. The number of rotatable bonds is 5. The molecule has 0 aromatic heterocycles. The summed E-state index contributed by atoms with van der Waals surface area (Å²) >= 11 is 6.00. The molecule has 1 aliphatic carbocycles. The van der Waals surface area contributed by atoms with Gasteiger partial charge in [0.05, 0.1) is 5.02 Å². The standard InChI is InChI=1S/C13H19ClN2O2S/c1-8-5-11(14)13(6-12(8)15)19(17,18)16-7-9(2)10-3-4-10/h5-6,9-10,16H,3-4,7,15H2,1-2H3. The van der Waals surface area contributed by atoms with Crippen LogP contribution in [0.5, 0.6) is 0 Å². The lowest BCUT2D eigenvalue weighted by Crippen LogP contribution is -2.29. The van der Waals surface area contributed by atoms with Gasteiger partial charge in [0, 0.05) is 12.2 Å². The summed E-state index contributed by atoms with van der Waals surface area (Å²) < 4.78 is 27.0. The second-order valence-corrected chi connectivity index (χ2v) is 7.45. The third-order valence-corrected chi connectivity index (χ3v) is 5.52. The Kier molecular flexibility index (Phi) is 4.08. The number of halogens is 1. The molecule has 1 aliphatic rings. The quantitative estimate of drug-likeness (QED) is 0.821. The molecule has 4 nitrogen and oxygen atoms in total. The lowest BCUT2D eigenvalue weighted by molar-refractivity contribution is 0.492. The van der Waals surface area contributed by atoms with E-state index in [4.69, 9.17) is 17.3 Å². The fraction of sp³-hybridized carbons (Fsp3) is 0.538. The topological polar surface area (TPSA) is 72.2 Å². The zero-order chi connectivity index (χ0) is 14.2. The lowest BCUT2D eigenvalue weighted by Gasteiger charge is -2.13. The van der Waals surface area contributed by atoms with Gasteiger partial charge in [0.25, 0.3) is 0 Å². The Bertz CT molecular complexity index is 583. The summed E-state index contributed by atoms with van der Waals surface area (Å²) in [6.45, 7) is 4.29. The molecule has 0 radical (unpaired) electrons. The third kappa shape index (κ3) is 3.41. The van der Waals surface area contributed by atoms with E-state index in [0.717, 1.165) is 5.56 Å². The number of hydrogen-bond acceptors (Lipinski definition) is 3. The van der Waals surface area contributed by atoms with E-state index < -0.39 is 10.0 Å². The molecule has 19 heavy (non-hydrogen) atoms. The molecule has 6 heteroatoms. The molecule has 1 atom stereocenters. The fourth-order valence-electron chi connectivity index (χ4n) is 2.03. The van der Waals surface area contributed by atoms with Gasteiger partial charge in [0.15, 0.2) is 0 Å². The van der Waals surface area contributed by atoms with Crippen LogP contribution >= 0.6 is 11.6 Å². The second-order valence-electron chi connectivity index (χ2n) is 5.31. The van der Waals surface area contributed by atoms with Crippen LogP contribution in [-0.4, -0.2) is 15.0 Å². The van der Waals surface area contributed by atoms with E-state index in [0.29, 0.717) is 24.1 Å². The summed E-state index contributed by atoms with van der Waals surface area (Å²) in [5, 5.41) is 0.207. The van der Waals surface area contributed by atoms with Gasteiger partial charge in [-0.1, -0.05) is 18.5 Å². The zero-order valence-electron chi connectivity index (χ0n) is 11.1. The van der Waals surface area contributed by atoms with Crippen molar-refractivity contribution in [2.24, 2.45) is 11.8 Å². The summed E-state index contributed by atoms with van der Waals surface area (Å²) in [5.41, 5.74) is 6.95. The monoisotopic (exact) mass is 302 g/mol. The van der Waals surface area contributed by atoms with Gasteiger partial charge in [-0.25, -0.2) is 13.1 Å². The summed E-state index contributed by atoms with van der Waals surface area (Å²) in [4.78, 5) is 0.0558. The van der Waals surface area contributed by atoms with Crippen molar-refractivity contribution in [3.8, 4) is 0 Å². The van der Waals surface area contributed by atoms with Crippen LogP contribution in [0.25, 0.3) is 0 Å². The van der Waals surface area contributed by atoms with Crippen molar-refractivity contribution in [1.29, 1.82) is 0 Å². The minimum atomic E-state index is -3.59. The number of hydrogen-bond donors (Lipinski definition) is 2. The van der Waals surface area contributed by atoms with E-state index >= 15 is 0 Å². The van der Waals surface area contributed by atoms with E-state index in [9.17, 15) is 8.42 Å². The first-order chi connectivity index (χ1) is 8.81. The van der Waals surface area contributed by atoms with E-state index in [2.05, 4.69) is 11.6 Å². The first-order valence-corrected chi connectivity index (χ1v) is 8.22. The summed E-state index contributed by atoms with van der Waals surface area (Å²) in [5.74, 6) is 1.01. The van der Waals surface area contributed by atoms with Crippen LogP contribution in [0.15, 0.2) is 17.0 Å². The van der Waals surface area contributed by atoms with Crippen LogP contribution in [0.2, 0.25) is 5.02 Å². The molecular weight excluding hydrogens is 284 g/mol. The van der Waals surface area contributed by atoms with Crippen molar-refractivity contribution in [1.82, 2.24) is 4.72 Å². The second kappa shape index (κ2) is 5.31. The van der Waals surface area contributed by atoms with E-state index in [-0.39, 0.29) is 9.92 Å². The normalized spacial score (nSPS) is 17.4. The van der Waals surface area contributed by atoms with Gasteiger partial charge in [-0.3, -0.25) is 0 Å². The lowest BCUT2D eigenvalue weighted by atomic mass is 10.1. The number of aryl methyl sites for hydroxylation is 1. The van der Waals surface area contributed by atoms with Gasteiger partial charge in [-0.15, -0.1) is 0 Å². The van der Waals surface area contributed by atoms with Crippen LogP contribution < -0.4 is 10.5 Å². The molecule has 1 unspecified atom stereocenters. The number of nitrogen functional groups attached to an aromatic ring is 1. The molecule has 0 amide bonds. The van der Waals surface area contributed by atoms with E-state index in [1.165, 1.54) is 18.9 Å². The highest BCUT2D eigenvalue weighted by atomic mass is 35.5. The molecule has 2 rings (SSSR count). The molecular formula is C13H19ClN2O2S. The molecule has 0 aliphatic heterocycles. The minimum Gasteiger partial charge on any atom is -0.398 e. The largest absolute Gasteiger partial charge is 0.398 e. The summed E-state index contributed by atoms with van der Waals surface area (Å²) in [6.07, 6.45) is 2.39. The minimum absolute atomic E-state index is 0.0558. The number of benzene rings is 1. The van der Waals surface area contributed by atoms with Gasteiger partial charge in [0.2, 0.25) is 10.0 Å². The molecule has 0 saturated heterocycles. The number of nitrogens with two attached hydrogens (primary N) is 1. The number of sulfonamides is 1. The number of nitrogens with one attached hydrogen (secondary N) is 1. The molecule has 1 fully saturated rings. The average molecular weight is 303 g/mol. The fourth-order valence-corrected chi connectivity index (χ4v) is 3.78. The van der Waals surface area contributed by atoms with Crippen molar-refractivity contribution in [2.75, 3.05) is 12.3 Å². The Balaban J connectivity index is 2.16. The van der Waals surface area contributed by atoms with Crippen molar-refractivity contribution in [3.63, 3.8) is 0 Å². The molecule has 106 valence electrons. The van der Waals surface area contributed by atoms with Crippen LogP contribution in [0.4, 0.5) is 5.69 Å². The number of anilines is 1.